The predicted molar refractivity (Wildman–Crippen MR) is 83.5 cm³/mol. The minimum absolute atomic E-state index is 0.185. The van der Waals surface area contributed by atoms with Gasteiger partial charge in [0, 0.05) is 12.1 Å². The van der Waals surface area contributed by atoms with Crippen LogP contribution >= 0.6 is 0 Å². The van der Waals surface area contributed by atoms with E-state index >= 15 is 0 Å². The summed E-state index contributed by atoms with van der Waals surface area (Å²) >= 11 is 0. The molecule has 2 rings (SSSR count). The van der Waals surface area contributed by atoms with E-state index in [-0.39, 0.29) is 11.7 Å². The number of aryl methyl sites for hydroxylation is 1. The zero-order chi connectivity index (χ0) is 15.2. The number of nitrogens with one attached hydrogen (secondary N) is 2. The lowest BCUT2D eigenvalue weighted by Crippen LogP contribution is -2.13. The van der Waals surface area contributed by atoms with E-state index in [4.69, 9.17) is 0 Å². The monoisotopic (exact) mass is 286 g/mol. The number of anilines is 1. The average Bonchev–Trinajstić information content (AvgIpc) is 2.96. The van der Waals surface area contributed by atoms with Gasteiger partial charge in [-0.2, -0.15) is 0 Å². The third-order valence-electron chi connectivity index (χ3n) is 3.57. The van der Waals surface area contributed by atoms with E-state index in [1.807, 2.05) is 24.3 Å². The Balaban J connectivity index is 2.01. The molecule has 2 aromatic rings. The van der Waals surface area contributed by atoms with E-state index < -0.39 is 0 Å². The molecule has 1 amide bonds. The van der Waals surface area contributed by atoms with Gasteiger partial charge in [0.1, 0.15) is 5.82 Å². The first-order chi connectivity index (χ1) is 10.1. The summed E-state index contributed by atoms with van der Waals surface area (Å²) in [5.41, 5.74) is 2.03. The lowest BCUT2D eigenvalue weighted by Gasteiger charge is -2.09. The minimum Gasteiger partial charge on any atom is -0.319 e. The molecule has 0 saturated carbocycles. The van der Waals surface area contributed by atoms with Crippen molar-refractivity contribution >= 4 is 11.6 Å². The Morgan fingerprint density at radius 1 is 1.29 bits per heavy atom. The number of aromatic nitrogens is 3. The first kappa shape index (κ1) is 15.2. The Hall–Kier alpha value is -2.17. The van der Waals surface area contributed by atoms with Crippen LogP contribution in [-0.2, 0) is 6.42 Å². The second-order valence-corrected chi connectivity index (χ2v) is 5.24. The molecule has 0 radical (unpaired) electrons. The first-order valence-corrected chi connectivity index (χ1v) is 7.46. The van der Waals surface area contributed by atoms with Gasteiger partial charge in [-0.3, -0.25) is 9.89 Å². The predicted octanol–water partition coefficient (Wildman–Crippen LogP) is 3.52. The van der Waals surface area contributed by atoms with Crippen LogP contribution in [0.4, 0.5) is 5.69 Å². The van der Waals surface area contributed by atoms with E-state index in [9.17, 15) is 4.79 Å². The molecule has 1 unspecified atom stereocenters. The van der Waals surface area contributed by atoms with E-state index in [1.165, 1.54) is 5.56 Å². The summed E-state index contributed by atoms with van der Waals surface area (Å²) in [6.07, 6.45) is 2.86. The normalized spacial score (nSPS) is 12.1. The summed E-state index contributed by atoms with van der Waals surface area (Å²) in [4.78, 5) is 16.2. The molecule has 1 heterocycles. The van der Waals surface area contributed by atoms with Crippen LogP contribution in [0.2, 0.25) is 0 Å². The van der Waals surface area contributed by atoms with Crippen LogP contribution in [0.3, 0.4) is 0 Å². The largest absolute Gasteiger partial charge is 0.319 e. The number of hydrogen-bond donors (Lipinski definition) is 2. The number of amides is 1. The molecule has 1 aromatic heterocycles. The molecule has 0 saturated heterocycles. The van der Waals surface area contributed by atoms with Crippen molar-refractivity contribution in [1.82, 2.24) is 15.2 Å². The number of carbonyl (C=O) groups excluding carboxylic acids is 1. The SMILES string of the molecule is CCCc1nc(C(=O)Nc2ccc(C(C)CC)cc2)n[nH]1. The zero-order valence-electron chi connectivity index (χ0n) is 12.8. The van der Waals surface area contributed by atoms with Crippen molar-refractivity contribution in [2.24, 2.45) is 0 Å². The first-order valence-electron chi connectivity index (χ1n) is 7.46. The summed E-state index contributed by atoms with van der Waals surface area (Å²) in [6.45, 7) is 6.41. The summed E-state index contributed by atoms with van der Waals surface area (Å²) in [5, 5.41) is 9.54. The third kappa shape index (κ3) is 3.90. The molecule has 5 nitrogen and oxygen atoms in total. The van der Waals surface area contributed by atoms with Gasteiger partial charge in [0.15, 0.2) is 0 Å². The third-order valence-corrected chi connectivity index (χ3v) is 3.57. The smallest absolute Gasteiger partial charge is 0.295 e. The Kier molecular flexibility index (Phi) is 5.09. The summed E-state index contributed by atoms with van der Waals surface area (Å²) in [7, 11) is 0. The molecule has 0 aliphatic rings. The molecule has 21 heavy (non-hydrogen) atoms. The molecule has 2 N–H and O–H groups in total. The molecule has 0 bridgehead atoms. The second kappa shape index (κ2) is 7.02. The average molecular weight is 286 g/mol. The Morgan fingerprint density at radius 2 is 2.00 bits per heavy atom. The van der Waals surface area contributed by atoms with Crippen LogP contribution in [-0.4, -0.2) is 21.1 Å². The van der Waals surface area contributed by atoms with Crippen LogP contribution < -0.4 is 5.32 Å². The maximum atomic E-state index is 12.1. The molecule has 0 fully saturated rings. The number of hydrogen-bond acceptors (Lipinski definition) is 3. The van der Waals surface area contributed by atoms with Gasteiger partial charge in [-0.15, -0.1) is 5.10 Å². The highest BCUT2D eigenvalue weighted by atomic mass is 16.2. The topological polar surface area (TPSA) is 70.7 Å². The minimum atomic E-state index is -0.287. The quantitative estimate of drug-likeness (QED) is 0.853. The molecule has 1 atom stereocenters. The highest BCUT2D eigenvalue weighted by Crippen LogP contribution is 2.20. The van der Waals surface area contributed by atoms with E-state index in [1.54, 1.807) is 0 Å². The van der Waals surface area contributed by atoms with Gasteiger partial charge in [0.05, 0.1) is 0 Å². The van der Waals surface area contributed by atoms with Crippen molar-refractivity contribution in [2.45, 2.75) is 46.0 Å². The van der Waals surface area contributed by atoms with Crippen molar-refractivity contribution in [1.29, 1.82) is 0 Å². The Labute approximate surface area is 125 Å². The summed E-state index contributed by atoms with van der Waals surface area (Å²) in [5.74, 6) is 1.17. The van der Waals surface area contributed by atoms with Crippen LogP contribution in [0.15, 0.2) is 24.3 Å². The maximum Gasteiger partial charge on any atom is 0.295 e. The van der Waals surface area contributed by atoms with Crippen molar-refractivity contribution in [3.63, 3.8) is 0 Å². The number of nitrogens with zero attached hydrogens (tertiary/aromatic N) is 2. The van der Waals surface area contributed by atoms with Crippen LogP contribution in [0, 0.1) is 0 Å². The van der Waals surface area contributed by atoms with Gasteiger partial charge in [0.2, 0.25) is 5.82 Å². The number of carbonyl (C=O) groups is 1. The summed E-state index contributed by atoms with van der Waals surface area (Å²) in [6, 6.07) is 7.92. The van der Waals surface area contributed by atoms with Crippen molar-refractivity contribution < 1.29 is 4.79 Å². The van der Waals surface area contributed by atoms with E-state index in [2.05, 4.69) is 41.3 Å². The second-order valence-electron chi connectivity index (χ2n) is 5.24. The van der Waals surface area contributed by atoms with Crippen LogP contribution in [0.1, 0.15) is 61.5 Å². The van der Waals surface area contributed by atoms with Gasteiger partial charge in [-0.25, -0.2) is 4.98 Å². The number of aromatic amines is 1. The Bertz CT molecular complexity index is 589. The fourth-order valence-corrected chi connectivity index (χ4v) is 2.06. The molecule has 1 aromatic carbocycles. The fourth-order valence-electron chi connectivity index (χ4n) is 2.06. The van der Waals surface area contributed by atoms with Gasteiger partial charge in [0.25, 0.3) is 5.91 Å². The van der Waals surface area contributed by atoms with Gasteiger partial charge >= 0.3 is 0 Å². The molecule has 0 aliphatic carbocycles. The van der Waals surface area contributed by atoms with E-state index in [0.717, 1.165) is 30.8 Å². The van der Waals surface area contributed by atoms with Gasteiger partial charge in [-0.1, -0.05) is 32.9 Å². The fraction of sp³-hybridized carbons (Fsp3) is 0.438. The number of rotatable bonds is 6. The molecule has 112 valence electrons. The molecule has 5 heteroatoms. The maximum absolute atomic E-state index is 12.1. The summed E-state index contributed by atoms with van der Waals surface area (Å²) < 4.78 is 0. The number of H-pyrrole nitrogens is 1. The van der Waals surface area contributed by atoms with Crippen LogP contribution in [0.25, 0.3) is 0 Å². The van der Waals surface area contributed by atoms with Crippen molar-refractivity contribution in [2.75, 3.05) is 5.32 Å². The highest BCUT2D eigenvalue weighted by Gasteiger charge is 2.12. The lowest BCUT2D eigenvalue weighted by atomic mass is 9.99. The van der Waals surface area contributed by atoms with Gasteiger partial charge < -0.3 is 5.32 Å². The molecular weight excluding hydrogens is 264 g/mol. The van der Waals surface area contributed by atoms with E-state index in [0.29, 0.717) is 5.92 Å². The van der Waals surface area contributed by atoms with Crippen molar-refractivity contribution in [3.05, 3.63) is 41.5 Å². The number of benzene rings is 1. The molecule has 0 aliphatic heterocycles. The van der Waals surface area contributed by atoms with Gasteiger partial charge in [-0.05, 0) is 36.5 Å². The Morgan fingerprint density at radius 3 is 2.62 bits per heavy atom. The van der Waals surface area contributed by atoms with Crippen LogP contribution in [0.5, 0.6) is 0 Å². The molecule has 0 spiro atoms. The standard InChI is InChI=1S/C16H22N4O/c1-4-6-14-18-15(20-19-14)16(21)17-13-9-7-12(8-10-13)11(3)5-2/h7-11H,4-6H2,1-3H3,(H,17,21)(H,18,19,20). The molecular formula is C16H22N4O. The van der Waals surface area contributed by atoms with Crippen molar-refractivity contribution in [3.8, 4) is 0 Å². The zero-order valence-corrected chi connectivity index (χ0v) is 12.8. The lowest BCUT2D eigenvalue weighted by molar-refractivity contribution is 0.101. The highest BCUT2D eigenvalue weighted by molar-refractivity contribution is 6.01.